The van der Waals surface area contributed by atoms with E-state index in [9.17, 15) is 23.9 Å². The lowest BCUT2D eigenvalue weighted by atomic mass is 9.44. The number of esters is 1. The van der Waals surface area contributed by atoms with Crippen LogP contribution in [0.15, 0.2) is 23.8 Å². The Labute approximate surface area is 201 Å². The van der Waals surface area contributed by atoms with Crippen molar-refractivity contribution < 1.29 is 37.4 Å². The van der Waals surface area contributed by atoms with Crippen LogP contribution in [0.5, 0.6) is 0 Å². The number of ketones is 1. The zero-order valence-corrected chi connectivity index (χ0v) is 20.6. The molecule has 0 bridgehead atoms. The summed E-state index contributed by atoms with van der Waals surface area (Å²) in [6.45, 7) is 6.45. The highest BCUT2D eigenvalue weighted by Gasteiger charge is 2.78. The van der Waals surface area contributed by atoms with Gasteiger partial charge in [-0.25, -0.2) is 13.2 Å². The van der Waals surface area contributed by atoms with Gasteiger partial charge in [-0.1, -0.05) is 26.8 Å². The first-order valence-corrected chi connectivity index (χ1v) is 12.7. The van der Waals surface area contributed by atoms with Crippen LogP contribution in [0, 0.1) is 28.6 Å². The summed E-state index contributed by atoms with van der Waals surface area (Å²) >= 11 is 0.396. The first-order chi connectivity index (χ1) is 15.8. The number of halogens is 3. The van der Waals surface area contributed by atoms with Crippen molar-refractivity contribution in [3.05, 3.63) is 23.8 Å². The minimum atomic E-state index is -2.30. The molecule has 0 spiro atoms. The Bertz CT molecular complexity index is 984. The normalized spacial score (nSPS) is 47.4. The quantitative estimate of drug-likeness (QED) is 0.576. The van der Waals surface area contributed by atoms with Gasteiger partial charge in [0.15, 0.2) is 17.1 Å². The molecule has 9 heteroatoms. The van der Waals surface area contributed by atoms with Crippen molar-refractivity contribution in [2.45, 2.75) is 76.9 Å². The predicted molar refractivity (Wildman–Crippen MR) is 121 cm³/mol. The molecule has 188 valence electrons. The second kappa shape index (κ2) is 8.22. The van der Waals surface area contributed by atoms with E-state index in [0.717, 1.165) is 6.08 Å². The smallest absolute Gasteiger partial charge is 0.306 e. The molecule has 34 heavy (non-hydrogen) atoms. The summed E-state index contributed by atoms with van der Waals surface area (Å²) in [7, 11) is 0. The fourth-order valence-electron chi connectivity index (χ4n) is 7.63. The van der Waals surface area contributed by atoms with Gasteiger partial charge in [-0.05, 0) is 61.6 Å². The van der Waals surface area contributed by atoms with Gasteiger partial charge in [0.05, 0.1) is 6.10 Å². The van der Waals surface area contributed by atoms with E-state index in [2.05, 4.69) is 0 Å². The third kappa shape index (κ3) is 3.01. The molecule has 0 aromatic heterocycles. The van der Waals surface area contributed by atoms with E-state index >= 15 is 8.78 Å². The molecule has 3 saturated carbocycles. The van der Waals surface area contributed by atoms with Crippen LogP contribution < -0.4 is 0 Å². The van der Waals surface area contributed by atoms with Crippen LogP contribution >= 0.6 is 11.8 Å². The molecule has 0 radical (unpaired) electrons. The zero-order chi connectivity index (χ0) is 25.3. The third-order valence-electron chi connectivity index (χ3n) is 9.22. The largest absolute Gasteiger partial charge is 0.449 e. The lowest BCUT2D eigenvalue weighted by molar-refractivity contribution is -0.228. The van der Waals surface area contributed by atoms with E-state index < -0.39 is 75.0 Å². The van der Waals surface area contributed by atoms with Crippen LogP contribution in [0.4, 0.5) is 13.2 Å². The number of rotatable bonds is 4. The molecule has 0 amide bonds. The Kier molecular flexibility index (Phi) is 6.16. The maximum absolute atomic E-state index is 17.2. The summed E-state index contributed by atoms with van der Waals surface area (Å²) in [5.41, 5.74) is -6.84. The Morgan fingerprint density at radius 1 is 1.26 bits per heavy atom. The molecular weight excluding hydrogens is 469 g/mol. The summed E-state index contributed by atoms with van der Waals surface area (Å²) in [6.07, 6.45) is 0.160. The van der Waals surface area contributed by atoms with E-state index in [1.54, 1.807) is 20.8 Å². The molecule has 4 aliphatic carbocycles. The molecule has 0 aliphatic heterocycles. The van der Waals surface area contributed by atoms with Crippen LogP contribution in [0.25, 0.3) is 0 Å². The zero-order valence-electron chi connectivity index (χ0n) is 19.8. The van der Waals surface area contributed by atoms with Gasteiger partial charge in [0.2, 0.25) is 5.12 Å². The van der Waals surface area contributed by atoms with Crippen molar-refractivity contribution >= 4 is 28.6 Å². The fraction of sp³-hybridized carbons (Fsp3) is 0.720. The molecule has 4 aliphatic rings. The second-order valence-electron chi connectivity index (χ2n) is 10.6. The van der Waals surface area contributed by atoms with Crippen molar-refractivity contribution in [2.75, 3.05) is 6.01 Å². The minimum Gasteiger partial charge on any atom is -0.449 e. The van der Waals surface area contributed by atoms with Gasteiger partial charge < -0.3 is 9.84 Å². The Balaban J connectivity index is 1.87. The van der Waals surface area contributed by atoms with Crippen molar-refractivity contribution in [3.8, 4) is 0 Å². The highest BCUT2D eigenvalue weighted by Crippen LogP contribution is 2.72. The van der Waals surface area contributed by atoms with Gasteiger partial charge in [0, 0.05) is 29.1 Å². The number of carbonyl (C=O) groups excluding carboxylic acids is 3. The maximum Gasteiger partial charge on any atom is 0.306 e. The SMILES string of the molecule is CCC(=O)O[C@@]1(C(=O)SCF)[C@H](C)C[C@@H]2[C@H]3C[C@H](F)C4=CC(=O)C=C[C@@]4(C)[C@]3(F)[C@@H](O)C[C@]21C. The minimum absolute atomic E-state index is 0.0141. The van der Waals surface area contributed by atoms with Gasteiger partial charge in [-0.15, -0.1) is 0 Å². The topological polar surface area (TPSA) is 80.7 Å². The van der Waals surface area contributed by atoms with Gasteiger partial charge in [0.25, 0.3) is 0 Å². The van der Waals surface area contributed by atoms with Crippen molar-refractivity contribution in [3.63, 3.8) is 0 Å². The summed E-state index contributed by atoms with van der Waals surface area (Å²) in [5, 5.41) is 10.7. The highest BCUT2D eigenvalue weighted by molar-refractivity contribution is 8.13. The number of aliphatic hydroxyl groups excluding tert-OH is 1. The molecule has 9 atom stereocenters. The maximum atomic E-state index is 17.2. The summed E-state index contributed by atoms with van der Waals surface area (Å²) in [4.78, 5) is 37.8. The number of thioether (sulfide) groups is 1. The van der Waals surface area contributed by atoms with E-state index in [-0.39, 0.29) is 31.3 Å². The number of hydrogen-bond acceptors (Lipinski definition) is 6. The number of hydrogen-bond donors (Lipinski definition) is 1. The monoisotopic (exact) mass is 500 g/mol. The van der Waals surface area contributed by atoms with Crippen molar-refractivity contribution in [1.82, 2.24) is 0 Å². The molecule has 0 aromatic rings. The molecule has 0 saturated heterocycles. The number of fused-ring (bicyclic) bond motifs is 5. The molecule has 0 aromatic carbocycles. The van der Waals surface area contributed by atoms with E-state index in [4.69, 9.17) is 4.74 Å². The average molecular weight is 501 g/mol. The Hall–Kier alpha value is -1.61. The fourth-order valence-corrected chi connectivity index (χ4v) is 8.42. The lowest BCUT2D eigenvalue weighted by Gasteiger charge is -2.63. The van der Waals surface area contributed by atoms with Crippen LogP contribution in [-0.2, 0) is 19.1 Å². The van der Waals surface area contributed by atoms with Crippen LogP contribution in [0.3, 0.4) is 0 Å². The van der Waals surface area contributed by atoms with Gasteiger partial charge >= 0.3 is 5.97 Å². The van der Waals surface area contributed by atoms with Crippen molar-refractivity contribution in [1.29, 1.82) is 0 Å². The number of ether oxygens (including phenoxy) is 1. The highest BCUT2D eigenvalue weighted by atomic mass is 32.2. The number of aliphatic hydroxyl groups is 1. The molecule has 0 unspecified atom stereocenters. The van der Waals surface area contributed by atoms with Crippen LogP contribution in [0.2, 0.25) is 0 Å². The molecular formula is C25H31F3O5S. The third-order valence-corrected chi connectivity index (χ3v) is 9.90. The van der Waals surface area contributed by atoms with Gasteiger partial charge in [-0.3, -0.25) is 14.4 Å². The van der Waals surface area contributed by atoms with Crippen LogP contribution in [0.1, 0.15) is 53.4 Å². The van der Waals surface area contributed by atoms with E-state index in [0.29, 0.717) is 11.8 Å². The van der Waals surface area contributed by atoms with E-state index in [1.165, 1.54) is 19.1 Å². The molecule has 4 rings (SSSR count). The Morgan fingerprint density at radius 3 is 2.56 bits per heavy atom. The number of allylic oxidation sites excluding steroid dienone is 4. The first kappa shape index (κ1) is 25.5. The Morgan fingerprint density at radius 2 is 1.94 bits per heavy atom. The first-order valence-electron chi connectivity index (χ1n) is 11.7. The van der Waals surface area contributed by atoms with Crippen LogP contribution in [-0.4, -0.2) is 51.5 Å². The van der Waals surface area contributed by atoms with Gasteiger partial charge in [-0.2, -0.15) is 0 Å². The van der Waals surface area contributed by atoms with Gasteiger partial charge in [0.1, 0.15) is 12.2 Å². The lowest BCUT2D eigenvalue weighted by Crippen LogP contribution is -2.70. The second-order valence-corrected chi connectivity index (χ2v) is 11.5. The molecule has 0 heterocycles. The summed E-state index contributed by atoms with van der Waals surface area (Å²) in [5.74, 6) is -3.30. The van der Waals surface area contributed by atoms with Crippen molar-refractivity contribution in [2.24, 2.45) is 28.6 Å². The summed E-state index contributed by atoms with van der Waals surface area (Å²) in [6, 6.07) is -1.02. The molecule has 1 N–H and O–H groups in total. The number of carbonyl (C=O) groups is 3. The molecule has 3 fully saturated rings. The van der Waals surface area contributed by atoms with E-state index in [1.807, 2.05) is 0 Å². The average Bonchev–Trinajstić information content (AvgIpc) is 2.99. The number of alkyl halides is 3. The molecule has 5 nitrogen and oxygen atoms in total. The standard InChI is InChI=1S/C25H31F3O5S/c1-5-20(31)33-25(21(32)34-12-26)13(2)8-15-16-10-18(27)17-9-14(29)6-7-22(17,3)24(16,28)19(30)11-23(15,25)4/h6-7,9,13,15-16,18-19,30H,5,8,10-12H2,1-4H3/t13-,15-,16-,18+,19+,22-,23-,24-,25-/m1/s1. The predicted octanol–water partition coefficient (Wildman–Crippen LogP) is 4.43. The summed E-state index contributed by atoms with van der Waals surface area (Å²) < 4.78 is 51.8.